The number of hydrogen-bond donors (Lipinski definition) is 8. The number of hydrogen-bond acceptors (Lipinski definition) is 8. The van der Waals surface area contributed by atoms with Crippen LogP contribution in [-0.4, -0.2) is 76.9 Å². The highest BCUT2D eigenvalue weighted by molar-refractivity contribution is 7.80. The van der Waals surface area contributed by atoms with E-state index in [0.29, 0.717) is 18.6 Å². The number of carbonyl (C=O) groups is 5. The summed E-state index contributed by atoms with van der Waals surface area (Å²) in [7, 11) is 0. The van der Waals surface area contributed by atoms with Crippen molar-refractivity contribution in [3.05, 3.63) is 35.9 Å². The third-order valence-corrected chi connectivity index (χ3v) is 6.03. The van der Waals surface area contributed by atoms with Crippen LogP contribution in [0.3, 0.4) is 0 Å². The maximum Gasteiger partial charge on any atom is 0.327 e. The van der Waals surface area contributed by atoms with Gasteiger partial charge in [-0.3, -0.25) is 19.2 Å². The molecule has 1 aromatic carbocycles. The summed E-state index contributed by atoms with van der Waals surface area (Å²) < 4.78 is 0. The highest BCUT2D eigenvalue weighted by Gasteiger charge is 2.29. The lowest BCUT2D eigenvalue weighted by atomic mass is 10.0. The van der Waals surface area contributed by atoms with Gasteiger partial charge in [-0.05, 0) is 24.2 Å². The van der Waals surface area contributed by atoms with Gasteiger partial charge in [0, 0.05) is 12.2 Å². The number of unbranched alkanes of at least 4 members (excludes halogenated alkanes) is 1. The van der Waals surface area contributed by atoms with Crippen LogP contribution in [0, 0.1) is 0 Å². The molecule has 0 unspecified atom stereocenters. The molecular formula is C24H37N5O6S2. The summed E-state index contributed by atoms with van der Waals surface area (Å²) in [6.07, 6.45) is 2.09. The summed E-state index contributed by atoms with van der Waals surface area (Å²) in [6.45, 7) is 1.53. The van der Waals surface area contributed by atoms with Crippen LogP contribution in [0.15, 0.2) is 30.3 Å². The van der Waals surface area contributed by atoms with Gasteiger partial charge >= 0.3 is 5.97 Å². The SMILES string of the molecule is CCCC[C@H](NC(=O)[C@H](Cc1ccccc1)NC(=O)CNC(=O)[C@@H](N)CCS)C(=O)N[C@@H](CS)C(=O)O. The normalized spacial score (nSPS) is 13.9. The highest BCUT2D eigenvalue weighted by Crippen LogP contribution is 2.07. The van der Waals surface area contributed by atoms with E-state index in [4.69, 9.17) is 5.73 Å². The number of thiol groups is 2. The standard InChI is InChI=1S/C24H37N5O6S2/c1-2-3-9-17(22(32)29-19(14-37)24(34)35)28-23(33)18(12-15-7-5-4-6-8-15)27-20(30)13-26-21(31)16(25)10-11-36/h4-8,16-19,36-37H,2-3,9-14,25H2,1H3,(H,26,31)(H,27,30)(H,28,33)(H,29,32)(H,34,35)/t16-,17-,18-,19-/m0/s1. The molecule has 13 heteroatoms. The number of rotatable bonds is 17. The van der Waals surface area contributed by atoms with Gasteiger partial charge < -0.3 is 32.1 Å². The van der Waals surface area contributed by atoms with Crippen molar-refractivity contribution >= 4 is 54.9 Å². The molecule has 4 amide bonds. The van der Waals surface area contributed by atoms with Crippen LogP contribution in [-0.2, 0) is 30.4 Å². The molecule has 0 saturated carbocycles. The van der Waals surface area contributed by atoms with E-state index in [9.17, 15) is 29.1 Å². The van der Waals surface area contributed by atoms with Gasteiger partial charge in [-0.1, -0.05) is 50.1 Å². The number of carboxylic acids is 1. The van der Waals surface area contributed by atoms with E-state index in [2.05, 4.69) is 46.5 Å². The minimum absolute atomic E-state index is 0.119. The van der Waals surface area contributed by atoms with Gasteiger partial charge in [-0.25, -0.2) is 4.79 Å². The van der Waals surface area contributed by atoms with Crippen molar-refractivity contribution < 1.29 is 29.1 Å². The van der Waals surface area contributed by atoms with Crippen LogP contribution in [0.4, 0.5) is 0 Å². The Balaban J connectivity index is 2.98. The molecule has 206 valence electrons. The van der Waals surface area contributed by atoms with Crippen LogP contribution in [0.5, 0.6) is 0 Å². The molecule has 0 spiro atoms. The van der Waals surface area contributed by atoms with Crippen molar-refractivity contribution in [2.24, 2.45) is 5.73 Å². The van der Waals surface area contributed by atoms with Crippen LogP contribution >= 0.6 is 25.3 Å². The topological polar surface area (TPSA) is 180 Å². The molecule has 0 aliphatic carbocycles. The first-order chi connectivity index (χ1) is 17.6. The Kier molecular flexibility index (Phi) is 15.4. The second kappa shape index (κ2) is 17.6. The Labute approximate surface area is 227 Å². The fourth-order valence-corrected chi connectivity index (χ4v) is 3.81. The van der Waals surface area contributed by atoms with E-state index < -0.39 is 53.8 Å². The maximum atomic E-state index is 13.2. The summed E-state index contributed by atoms with van der Waals surface area (Å²) in [5.41, 5.74) is 6.48. The van der Waals surface area contributed by atoms with Gasteiger partial charge in [-0.15, -0.1) is 0 Å². The third-order valence-electron chi connectivity index (χ3n) is 5.41. The maximum absolute atomic E-state index is 13.2. The van der Waals surface area contributed by atoms with Crippen molar-refractivity contribution in [1.82, 2.24) is 21.3 Å². The molecule has 0 saturated heterocycles. The van der Waals surface area contributed by atoms with Crippen LogP contribution in [0.25, 0.3) is 0 Å². The van der Waals surface area contributed by atoms with Gasteiger partial charge in [-0.2, -0.15) is 25.3 Å². The molecular weight excluding hydrogens is 518 g/mol. The number of nitrogens with one attached hydrogen (secondary N) is 4. The molecule has 0 bridgehead atoms. The monoisotopic (exact) mass is 555 g/mol. The average Bonchev–Trinajstić information content (AvgIpc) is 2.88. The van der Waals surface area contributed by atoms with E-state index in [1.165, 1.54) is 0 Å². The molecule has 0 aliphatic heterocycles. The predicted octanol–water partition coefficient (Wildman–Crippen LogP) is -0.348. The van der Waals surface area contributed by atoms with Crippen molar-refractivity contribution in [3.8, 4) is 0 Å². The number of nitrogens with two attached hydrogens (primary N) is 1. The fourth-order valence-electron chi connectivity index (χ4n) is 3.28. The highest BCUT2D eigenvalue weighted by atomic mass is 32.1. The smallest absolute Gasteiger partial charge is 0.327 e. The van der Waals surface area contributed by atoms with Crippen molar-refractivity contribution in [2.75, 3.05) is 18.1 Å². The van der Waals surface area contributed by atoms with Gasteiger partial charge in [0.05, 0.1) is 12.6 Å². The number of carboxylic acid groups (broad SMARTS) is 1. The molecule has 11 nitrogen and oxygen atoms in total. The molecule has 1 aromatic rings. The quantitative estimate of drug-likeness (QED) is 0.121. The van der Waals surface area contributed by atoms with Crippen LogP contribution in [0.2, 0.25) is 0 Å². The van der Waals surface area contributed by atoms with Crippen LogP contribution in [0.1, 0.15) is 38.2 Å². The van der Waals surface area contributed by atoms with Crippen molar-refractivity contribution in [2.45, 2.75) is 63.2 Å². The summed E-state index contributed by atoms with van der Waals surface area (Å²) in [5.74, 6) is -3.35. The first kappa shape index (κ1) is 32.3. The third kappa shape index (κ3) is 12.3. The van der Waals surface area contributed by atoms with E-state index in [1.807, 2.05) is 13.0 Å². The Bertz CT molecular complexity index is 905. The Morgan fingerprint density at radius 2 is 1.51 bits per heavy atom. The molecule has 0 aromatic heterocycles. The summed E-state index contributed by atoms with van der Waals surface area (Å²) >= 11 is 7.98. The molecule has 0 aliphatic rings. The molecule has 0 heterocycles. The van der Waals surface area contributed by atoms with Crippen molar-refractivity contribution in [3.63, 3.8) is 0 Å². The minimum Gasteiger partial charge on any atom is -0.480 e. The molecule has 1 rings (SSSR count). The second-order valence-corrected chi connectivity index (χ2v) is 9.24. The van der Waals surface area contributed by atoms with E-state index >= 15 is 0 Å². The van der Waals surface area contributed by atoms with Gasteiger partial charge in [0.15, 0.2) is 0 Å². The summed E-state index contributed by atoms with van der Waals surface area (Å²) in [5, 5.41) is 19.3. The molecule has 0 fully saturated rings. The zero-order valence-corrected chi connectivity index (χ0v) is 22.6. The average molecular weight is 556 g/mol. The zero-order valence-electron chi connectivity index (χ0n) is 20.8. The van der Waals surface area contributed by atoms with E-state index in [1.54, 1.807) is 24.3 Å². The van der Waals surface area contributed by atoms with Crippen molar-refractivity contribution in [1.29, 1.82) is 0 Å². The van der Waals surface area contributed by atoms with Gasteiger partial charge in [0.1, 0.15) is 18.1 Å². The Morgan fingerprint density at radius 3 is 2.08 bits per heavy atom. The lowest BCUT2D eigenvalue weighted by molar-refractivity contribution is -0.141. The molecule has 0 radical (unpaired) electrons. The Hall–Kier alpha value is -2.77. The first-order valence-electron chi connectivity index (χ1n) is 12.0. The molecule has 37 heavy (non-hydrogen) atoms. The number of amides is 4. The van der Waals surface area contributed by atoms with E-state index in [-0.39, 0.29) is 25.1 Å². The fraction of sp³-hybridized carbons (Fsp3) is 0.542. The zero-order chi connectivity index (χ0) is 27.8. The molecule has 7 N–H and O–H groups in total. The number of benzene rings is 1. The lowest BCUT2D eigenvalue weighted by Crippen LogP contribution is -2.57. The summed E-state index contributed by atoms with van der Waals surface area (Å²) in [4.78, 5) is 61.9. The van der Waals surface area contributed by atoms with Gasteiger partial charge in [0.2, 0.25) is 23.6 Å². The molecule has 4 atom stereocenters. The number of aliphatic carboxylic acids is 1. The summed E-state index contributed by atoms with van der Waals surface area (Å²) in [6, 6.07) is 4.87. The minimum atomic E-state index is -1.24. The first-order valence-corrected chi connectivity index (χ1v) is 13.3. The number of carbonyl (C=O) groups excluding carboxylic acids is 4. The van der Waals surface area contributed by atoms with Gasteiger partial charge in [0.25, 0.3) is 0 Å². The van der Waals surface area contributed by atoms with Crippen LogP contribution < -0.4 is 27.0 Å². The largest absolute Gasteiger partial charge is 0.480 e. The Morgan fingerprint density at radius 1 is 0.892 bits per heavy atom. The predicted molar refractivity (Wildman–Crippen MR) is 146 cm³/mol. The lowest BCUT2D eigenvalue weighted by Gasteiger charge is -2.24. The second-order valence-electron chi connectivity index (χ2n) is 8.43. The van der Waals surface area contributed by atoms with E-state index in [0.717, 1.165) is 12.0 Å².